The predicted octanol–water partition coefficient (Wildman–Crippen LogP) is 4.74. The van der Waals surface area contributed by atoms with Crippen LogP contribution in [0.5, 0.6) is 5.75 Å². The fourth-order valence-electron chi connectivity index (χ4n) is 2.24. The van der Waals surface area contributed by atoms with Crippen LogP contribution < -0.4 is 4.52 Å². The minimum absolute atomic E-state index is 0.0329. The minimum atomic E-state index is -3.23. The lowest BCUT2D eigenvalue weighted by atomic mass is 10.0. The Morgan fingerprint density at radius 3 is 2.32 bits per heavy atom. The van der Waals surface area contributed by atoms with Crippen LogP contribution in [0, 0.1) is 10.1 Å². The summed E-state index contributed by atoms with van der Waals surface area (Å²) in [7, 11) is 0. The molecule has 0 amide bonds. The van der Waals surface area contributed by atoms with Crippen molar-refractivity contribution in [3.8, 4) is 5.75 Å². The smallest absolute Gasteiger partial charge is 0.339 e. The van der Waals surface area contributed by atoms with Gasteiger partial charge < -0.3 is 4.52 Å². The van der Waals surface area contributed by atoms with Gasteiger partial charge in [0, 0.05) is 12.1 Å². The molecule has 19 heavy (non-hydrogen) atoms. The molecule has 1 aliphatic rings. The van der Waals surface area contributed by atoms with Gasteiger partial charge in [-0.05, 0) is 36.2 Å². The van der Waals surface area contributed by atoms with E-state index >= 15 is 0 Å². The zero-order chi connectivity index (χ0) is 13.9. The van der Waals surface area contributed by atoms with Crippen molar-refractivity contribution in [2.24, 2.45) is 0 Å². The second-order valence-corrected chi connectivity index (χ2v) is 8.02. The lowest BCUT2D eigenvalue weighted by Crippen LogP contribution is -2.13. The summed E-state index contributed by atoms with van der Waals surface area (Å²) in [5.41, 5.74) is -0.146. The number of nitrogens with zero attached hydrogens (tertiary/aromatic N) is 1. The van der Waals surface area contributed by atoms with Crippen LogP contribution in [0.4, 0.5) is 5.69 Å². The van der Waals surface area contributed by atoms with E-state index < -0.39 is 11.6 Å². The van der Waals surface area contributed by atoms with E-state index in [1.165, 1.54) is 24.3 Å². The number of nitro groups is 1. The molecule has 0 saturated heterocycles. The van der Waals surface area contributed by atoms with Crippen molar-refractivity contribution in [2.75, 3.05) is 0 Å². The largest absolute Gasteiger partial charge is 0.432 e. The molecular weight excluding hydrogens is 289 g/mol. The summed E-state index contributed by atoms with van der Waals surface area (Å²) >= 11 is 6.05. The number of nitro benzene ring substituents is 1. The van der Waals surface area contributed by atoms with Gasteiger partial charge in [-0.25, -0.2) is 0 Å². The van der Waals surface area contributed by atoms with Crippen LogP contribution in [0.15, 0.2) is 24.3 Å². The average molecular weight is 304 g/mol. The number of benzene rings is 1. The fourth-order valence-corrected chi connectivity index (χ4v) is 4.60. The van der Waals surface area contributed by atoms with Gasteiger partial charge in [-0.3, -0.25) is 14.7 Å². The molecule has 1 aromatic carbocycles. The molecule has 5 nitrogen and oxygen atoms in total. The van der Waals surface area contributed by atoms with Gasteiger partial charge in [0.15, 0.2) is 0 Å². The van der Waals surface area contributed by atoms with Crippen LogP contribution in [-0.2, 0) is 4.57 Å². The average Bonchev–Trinajstić information content (AvgIpc) is 2.40. The molecule has 1 aromatic rings. The lowest BCUT2D eigenvalue weighted by molar-refractivity contribution is -0.384. The molecule has 1 aliphatic carbocycles. The first kappa shape index (κ1) is 14.4. The highest BCUT2D eigenvalue weighted by molar-refractivity contribution is 7.86. The van der Waals surface area contributed by atoms with E-state index in [-0.39, 0.29) is 11.3 Å². The summed E-state index contributed by atoms with van der Waals surface area (Å²) in [6, 6.07) is 5.48. The van der Waals surface area contributed by atoms with Crippen molar-refractivity contribution in [3.63, 3.8) is 0 Å². The number of rotatable bonds is 4. The van der Waals surface area contributed by atoms with Crippen molar-refractivity contribution < 1.29 is 14.0 Å². The summed E-state index contributed by atoms with van der Waals surface area (Å²) in [6.45, 7) is -3.23. The molecule has 0 bridgehead atoms. The molecule has 104 valence electrons. The Kier molecular flexibility index (Phi) is 4.48. The normalized spacial score (nSPS) is 19.6. The topological polar surface area (TPSA) is 69.4 Å². The molecule has 1 unspecified atom stereocenters. The van der Waals surface area contributed by atoms with E-state index in [2.05, 4.69) is 0 Å². The maximum Gasteiger partial charge on any atom is 0.339 e. The Hall–Kier alpha value is -1.06. The first-order chi connectivity index (χ1) is 8.99. The van der Waals surface area contributed by atoms with Crippen LogP contribution in [0.1, 0.15) is 32.1 Å². The maximum absolute atomic E-state index is 12.4. The molecule has 0 aliphatic heterocycles. The SMILES string of the molecule is O=[N+]([O-])c1ccc(OP(=O)(Cl)C2CCCCC2)cc1. The summed E-state index contributed by atoms with van der Waals surface area (Å²) < 4.78 is 17.7. The first-order valence-electron chi connectivity index (χ1n) is 6.22. The Morgan fingerprint density at radius 2 is 1.79 bits per heavy atom. The molecule has 0 radical (unpaired) electrons. The highest BCUT2D eigenvalue weighted by Gasteiger charge is 2.34. The number of hydrogen-bond acceptors (Lipinski definition) is 4. The molecule has 0 heterocycles. The van der Waals surface area contributed by atoms with Crippen LogP contribution in [0.3, 0.4) is 0 Å². The van der Waals surface area contributed by atoms with Crippen molar-refractivity contribution >= 4 is 23.6 Å². The van der Waals surface area contributed by atoms with Crippen LogP contribution in [0.2, 0.25) is 0 Å². The molecule has 7 heteroatoms. The van der Waals surface area contributed by atoms with Crippen LogP contribution in [0.25, 0.3) is 0 Å². The van der Waals surface area contributed by atoms with E-state index in [0.717, 1.165) is 32.1 Å². The molecule has 2 rings (SSSR count). The predicted molar refractivity (Wildman–Crippen MR) is 74.1 cm³/mol. The molecule has 1 fully saturated rings. The molecule has 0 spiro atoms. The van der Waals surface area contributed by atoms with Gasteiger partial charge in [0.25, 0.3) is 5.69 Å². The summed E-state index contributed by atoms with van der Waals surface area (Å²) in [4.78, 5) is 10.0. The van der Waals surface area contributed by atoms with Crippen molar-refractivity contribution in [3.05, 3.63) is 34.4 Å². The summed E-state index contributed by atoms with van der Waals surface area (Å²) in [5, 5.41) is 10.5. The van der Waals surface area contributed by atoms with Gasteiger partial charge in [-0.2, -0.15) is 0 Å². The number of halogens is 1. The van der Waals surface area contributed by atoms with Gasteiger partial charge in [0.1, 0.15) is 5.75 Å². The number of non-ortho nitro benzene ring substituents is 1. The standard InChI is InChI=1S/C12H15ClNO4P/c13-19(17,12-4-2-1-3-5-12)18-11-8-6-10(7-9-11)14(15)16/h6-9,12H,1-5H2. The molecule has 1 atom stereocenters. The van der Waals surface area contributed by atoms with E-state index in [9.17, 15) is 14.7 Å². The van der Waals surface area contributed by atoms with Gasteiger partial charge in [-0.15, -0.1) is 0 Å². The van der Waals surface area contributed by atoms with Gasteiger partial charge in [0.05, 0.1) is 10.6 Å². The monoisotopic (exact) mass is 303 g/mol. The Bertz CT molecular complexity index is 499. The quantitative estimate of drug-likeness (QED) is 0.457. The van der Waals surface area contributed by atoms with Gasteiger partial charge >= 0.3 is 6.72 Å². The van der Waals surface area contributed by atoms with E-state index in [1.54, 1.807) is 0 Å². The third-order valence-electron chi connectivity index (χ3n) is 3.29. The second-order valence-electron chi connectivity index (χ2n) is 4.66. The zero-order valence-corrected chi connectivity index (χ0v) is 12.0. The third-order valence-corrected chi connectivity index (χ3v) is 6.17. The van der Waals surface area contributed by atoms with Crippen molar-refractivity contribution in [1.29, 1.82) is 0 Å². The Balaban J connectivity index is 2.06. The summed E-state index contributed by atoms with van der Waals surface area (Å²) in [6.07, 6.45) is 4.81. The van der Waals surface area contributed by atoms with Crippen molar-refractivity contribution in [2.45, 2.75) is 37.8 Å². The molecule has 0 N–H and O–H groups in total. The maximum atomic E-state index is 12.4. The van der Waals surface area contributed by atoms with E-state index in [1.807, 2.05) is 0 Å². The van der Waals surface area contributed by atoms with Gasteiger partial charge in [-0.1, -0.05) is 19.3 Å². The number of hydrogen-bond donors (Lipinski definition) is 0. The Labute approximate surface area is 116 Å². The van der Waals surface area contributed by atoms with Crippen LogP contribution >= 0.6 is 18.0 Å². The Morgan fingerprint density at radius 1 is 1.21 bits per heavy atom. The van der Waals surface area contributed by atoms with Crippen molar-refractivity contribution in [1.82, 2.24) is 0 Å². The van der Waals surface area contributed by atoms with Gasteiger partial charge in [0.2, 0.25) is 0 Å². The molecule has 1 saturated carbocycles. The van der Waals surface area contributed by atoms with E-state index in [4.69, 9.17) is 15.8 Å². The zero-order valence-electron chi connectivity index (χ0n) is 10.3. The third kappa shape index (κ3) is 3.71. The molecule has 0 aromatic heterocycles. The fraction of sp³-hybridized carbons (Fsp3) is 0.500. The second kappa shape index (κ2) is 5.93. The lowest BCUT2D eigenvalue weighted by Gasteiger charge is -2.25. The van der Waals surface area contributed by atoms with Crippen LogP contribution in [-0.4, -0.2) is 10.6 Å². The minimum Gasteiger partial charge on any atom is -0.432 e. The molecular formula is C12H15ClNO4P. The van der Waals surface area contributed by atoms with E-state index in [0.29, 0.717) is 5.75 Å². The highest BCUT2D eigenvalue weighted by Crippen LogP contribution is 2.60. The highest BCUT2D eigenvalue weighted by atomic mass is 35.7. The summed E-state index contributed by atoms with van der Waals surface area (Å²) in [5.74, 6) is 0.314. The first-order valence-corrected chi connectivity index (χ1v) is 8.82.